The molecule has 0 bridgehead atoms. The summed E-state index contributed by atoms with van der Waals surface area (Å²) in [5, 5.41) is 0. The predicted octanol–water partition coefficient (Wildman–Crippen LogP) is 4.07. The van der Waals surface area contributed by atoms with Crippen molar-refractivity contribution >= 4 is 0 Å². The van der Waals surface area contributed by atoms with E-state index < -0.39 is 5.95 Å². The van der Waals surface area contributed by atoms with E-state index in [1.54, 1.807) is 30.5 Å². The summed E-state index contributed by atoms with van der Waals surface area (Å²) in [4.78, 5) is 3.94. The minimum Gasteiger partial charge on any atom is -0.463 e. The van der Waals surface area contributed by atoms with Gasteiger partial charge in [-0.3, -0.25) is 0 Å². The van der Waals surface area contributed by atoms with E-state index in [4.69, 9.17) is 4.42 Å². The third kappa shape index (κ3) is 2.93. The summed E-state index contributed by atoms with van der Waals surface area (Å²) in [6.07, 6.45) is 2.22. The van der Waals surface area contributed by atoms with Gasteiger partial charge in [0.05, 0.1) is 6.26 Å². The smallest absolute Gasteiger partial charge is 0.216 e. The third-order valence-corrected chi connectivity index (χ3v) is 2.42. The highest BCUT2D eigenvalue weighted by atomic mass is 19.1. The van der Waals surface area contributed by atoms with Crippen molar-refractivity contribution in [3.8, 4) is 11.5 Å². The van der Waals surface area contributed by atoms with Crippen LogP contribution < -0.4 is 0 Å². The second-order valence-corrected chi connectivity index (χ2v) is 5.36. The number of aromatic nitrogens is 1. The van der Waals surface area contributed by atoms with Crippen LogP contribution in [0, 0.1) is 11.4 Å². The molecule has 90 valence electrons. The van der Waals surface area contributed by atoms with Crippen LogP contribution in [0.4, 0.5) is 4.39 Å². The molecule has 0 saturated heterocycles. The molecule has 2 aromatic rings. The summed E-state index contributed by atoms with van der Waals surface area (Å²) in [6, 6.07) is 7.11. The van der Waals surface area contributed by atoms with Gasteiger partial charge in [0.15, 0.2) is 5.76 Å². The second-order valence-electron chi connectivity index (χ2n) is 5.36. The van der Waals surface area contributed by atoms with Crippen molar-refractivity contribution in [2.75, 3.05) is 0 Å². The Morgan fingerprint density at radius 3 is 2.53 bits per heavy atom. The van der Waals surface area contributed by atoms with Gasteiger partial charge in [-0.05, 0) is 30.0 Å². The highest BCUT2D eigenvalue weighted by Gasteiger charge is 2.16. The highest BCUT2D eigenvalue weighted by molar-refractivity contribution is 5.51. The zero-order valence-electron chi connectivity index (χ0n) is 10.3. The first-order valence-corrected chi connectivity index (χ1v) is 5.65. The van der Waals surface area contributed by atoms with Gasteiger partial charge in [-0.25, -0.2) is 4.98 Å². The molecule has 0 saturated carbocycles. The molecule has 2 nitrogen and oxygen atoms in total. The summed E-state index contributed by atoms with van der Waals surface area (Å²) in [5.41, 5.74) is 1.23. The van der Waals surface area contributed by atoms with Crippen LogP contribution in [0.15, 0.2) is 34.9 Å². The standard InChI is InChI=1S/C14H16FNO/c1-14(2,3)9-10-6-7-11(16-13(10)15)12-5-4-8-17-12/h4-8H,9H2,1-3H3. The molecule has 2 heterocycles. The first kappa shape index (κ1) is 11.8. The average molecular weight is 233 g/mol. The summed E-state index contributed by atoms with van der Waals surface area (Å²) in [5.74, 6) is 0.181. The molecular formula is C14H16FNO. The van der Waals surface area contributed by atoms with E-state index in [0.717, 1.165) is 0 Å². The monoisotopic (exact) mass is 233 g/mol. The second kappa shape index (κ2) is 4.32. The van der Waals surface area contributed by atoms with Gasteiger partial charge in [0.2, 0.25) is 5.95 Å². The van der Waals surface area contributed by atoms with Gasteiger partial charge >= 0.3 is 0 Å². The van der Waals surface area contributed by atoms with Gasteiger partial charge < -0.3 is 4.42 Å². The van der Waals surface area contributed by atoms with Gasteiger partial charge in [-0.2, -0.15) is 4.39 Å². The summed E-state index contributed by atoms with van der Waals surface area (Å²) < 4.78 is 19.0. The molecule has 3 heteroatoms. The fourth-order valence-corrected chi connectivity index (χ4v) is 1.73. The van der Waals surface area contributed by atoms with E-state index in [0.29, 0.717) is 23.4 Å². The number of hydrogen-bond donors (Lipinski definition) is 0. The first-order chi connectivity index (χ1) is 7.96. The maximum absolute atomic E-state index is 13.8. The van der Waals surface area contributed by atoms with Crippen LogP contribution in [0.25, 0.3) is 11.5 Å². The Morgan fingerprint density at radius 2 is 2.00 bits per heavy atom. The maximum atomic E-state index is 13.8. The number of halogens is 1. The fourth-order valence-electron chi connectivity index (χ4n) is 1.73. The van der Waals surface area contributed by atoms with Gasteiger partial charge in [-0.15, -0.1) is 0 Å². The predicted molar refractivity (Wildman–Crippen MR) is 65.1 cm³/mol. The van der Waals surface area contributed by atoms with Crippen LogP contribution >= 0.6 is 0 Å². The Morgan fingerprint density at radius 1 is 1.24 bits per heavy atom. The summed E-state index contributed by atoms with van der Waals surface area (Å²) in [6.45, 7) is 6.23. The Balaban J connectivity index is 2.29. The molecule has 0 N–H and O–H groups in total. The molecule has 0 fully saturated rings. The molecule has 0 aliphatic carbocycles. The van der Waals surface area contributed by atoms with Gasteiger partial charge in [0.25, 0.3) is 0 Å². The third-order valence-electron chi connectivity index (χ3n) is 2.42. The number of pyridine rings is 1. The van der Waals surface area contributed by atoms with E-state index in [1.807, 2.05) is 0 Å². The number of furan rings is 1. The Kier molecular flexibility index (Phi) is 3.01. The van der Waals surface area contributed by atoms with Crippen molar-refractivity contribution in [1.82, 2.24) is 4.98 Å². The Labute approximate surface area is 100 Å². The lowest BCUT2D eigenvalue weighted by Crippen LogP contribution is -2.11. The topological polar surface area (TPSA) is 26.0 Å². The van der Waals surface area contributed by atoms with Crippen molar-refractivity contribution < 1.29 is 8.81 Å². The molecular weight excluding hydrogens is 217 g/mol. The largest absolute Gasteiger partial charge is 0.463 e. The van der Waals surface area contributed by atoms with Crippen LogP contribution in [0.5, 0.6) is 0 Å². The van der Waals surface area contributed by atoms with Crippen LogP contribution in [-0.2, 0) is 6.42 Å². The minimum absolute atomic E-state index is 0.0503. The van der Waals surface area contributed by atoms with Crippen LogP contribution in [0.1, 0.15) is 26.3 Å². The molecule has 17 heavy (non-hydrogen) atoms. The zero-order chi connectivity index (χ0) is 12.5. The zero-order valence-corrected chi connectivity index (χ0v) is 10.3. The van der Waals surface area contributed by atoms with Crippen LogP contribution in [-0.4, -0.2) is 4.98 Å². The van der Waals surface area contributed by atoms with Crippen molar-refractivity contribution in [3.05, 3.63) is 42.0 Å². The van der Waals surface area contributed by atoms with Crippen LogP contribution in [0.3, 0.4) is 0 Å². The molecule has 0 amide bonds. The molecule has 0 radical (unpaired) electrons. The van der Waals surface area contributed by atoms with Gasteiger partial charge in [0.1, 0.15) is 5.69 Å². The van der Waals surface area contributed by atoms with E-state index >= 15 is 0 Å². The van der Waals surface area contributed by atoms with E-state index in [-0.39, 0.29) is 5.41 Å². The van der Waals surface area contributed by atoms with E-state index in [1.165, 1.54) is 0 Å². The Bertz CT molecular complexity index is 497. The molecule has 0 atom stereocenters. The molecule has 2 rings (SSSR count). The summed E-state index contributed by atoms with van der Waals surface area (Å²) in [7, 11) is 0. The summed E-state index contributed by atoms with van der Waals surface area (Å²) >= 11 is 0. The molecule has 0 unspecified atom stereocenters. The molecule has 2 aromatic heterocycles. The molecule has 0 aliphatic heterocycles. The van der Waals surface area contributed by atoms with Gasteiger partial charge in [0, 0.05) is 5.56 Å². The van der Waals surface area contributed by atoms with Crippen LogP contribution in [0.2, 0.25) is 0 Å². The number of hydrogen-bond acceptors (Lipinski definition) is 2. The fraction of sp³-hybridized carbons (Fsp3) is 0.357. The number of nitrogens with zero attached hydrogens (tertiary/aromatic N) is 1. The van der Waals surface area contributed by atoms with E-state index in [9.17, 15) is 4.39 Å². The van der Waals surface area contributed by atoms with Crippen molar-refractivity contribution in [3.63, 3.8) is 0 Å². The molecule has 0 aliphatic rings. The highest BCUT2D eigenvalue weighted by Crippen LogP contribution is 2.24. The lowest BCUT2D eigenvalue weighted by Gasteiger charge is -2.18. The van der Waals surface area contributed by atoms with Crippen molar-refractivity contribution in [2.45, 2.75) is 27.2 Å². The lowest BCUT2D eigenvalue weighted by atomic mass is 9.88. The minimum atomic E-state index is -0.408. The first-order valence-electron chi connectivity index (χ1n) is 5.65. The molecule has 0 aromatic carbocycles. The Hall–Kier alpha value is -1.64. The van der Waals surface area contributed by atoms with Crippen molar-refractivity contribution in [2.24, 2.45) is 5.41 Å². The van der Waals surface area contributed by atoms with Gasteiger partial charge in [-0.1, -0.05) is 26.8 Å². The maximum Gasteiger partial charge on any atom is 0.216 e. The van der Waals surface area contributed by atoms with E-state index in [2.05, 4.69) is 25.8 Å². The SMILES string of the molecule is CC(C)(C)Cc1ccc(-c2ccco2)nc1F. The lowest BCUT2D eigenvalue weighted by molar-refractivity contribution is 0.398. The number of rotatable bonds is 2. The quantitative estimate of drug-likeness (QED) is 0.731. The van der Waals surface area contributed by atoms with Crippen molar-refractivity contribution in [1.29, 1.82) is 0 Å². The average Bonchev–Trinajstić information content (AvgIpc) is 2.72. The normalized spacial score (nSPS) is 11.8. The molecule has 0 spiro atoms.